The first-order valence-electron chi connectivity index (χ1n) is 9.78. The number of rotatable bonds is 6. The van der Waals surface area contributed by atoms with Crippen molar-refractivity contribution < 1.29 is 4.79 Å². The molecule has 1 heterocycles. The number of benzene rings is 3. The summed E-state index contributed by atoms with van der Waals surface area (Å²) >= 11 is 7.76. The number of anilines is 1. The number of hydrogen-bond donors (Lipinski definition) is 1. The number of amides is 1. The van der Waals surface area contributed by atoms with Crippen molar-refractivity contribution in [1.82, 2.24) is 14.8 Å². The van der Waals surface area contributed by atoms with Crippen LogP contribution in [0, 0.1) is 13.8 Å². The smallest absolute Gasteiger partial charge is 0.234 e. The lowest BCUT2D eigenvalue weighted by Gasteiger charge is -2.12. The van der Waals surface area contributed by atoms with Crippen LogP contribution in [0.5, 0.6) is 0 Å². The van der Waals surface area contributed by atoms with Gasteiger partial charge in [-0.15, -0.1) is 10.2 Å². The zero-order valence-corrected chi connectivity index (χ0v) is 18.7. The van der Waals surface area contributed by atoms with Crippen molar-refractivity contribution in [3.63, 3.8) is 0 Å². The Kier molecular flexibility index (Phi) is 6.39. The fraction of sp³-hybridized carbons (Fsp3) is 0.125. The highest BCUT2D eigenvalue weighted by molar-refractivity contribution is 7.99. The topological polar surface area (TPSA) is 59.8 Å². The monoisotopic (exact) mass is 448 g/mol. The largest absolute Gasteiger partial charge is 0.325 e. The quantitative estimate of drug-likeness (QED) is 0.371. The van der Waals surface area contributed by atoms with Crippen LogP contribution in [0.2, 0.25) is 5.02 Å². The van der Waals surface area contributed by atoms with Gasteiger partial charge < -0.3 is 5.32 Å². The van der Waals surface area contributed by atoms with Crippen molar-refractivity contribution in [2.24, 2.45) is 0 Å². The van der Waals surface area contributed by atoms with Gasteiger partial charge in [0.1, 0.15) is 0 Å². The van der Waals surface area contributed by atoms with Gasteiger partial charge in [0.15, 0.2) is 11.0 Å². The maximum absolute atomic E-state index is 12.6. The van der Waals surface area contributed by atoms with Crippen LogP contribution in [-0.4, -0.2) is 26.4 Å². The van der Waals surface area contributed by atoms with Crippen LogP contribution >= 0.6 is 23.4 Å². The summed E-state index contributed by atoms with van der Waals surface area (Å²) in [5.74, 6) is 0.746. The average Bonchev–Trinajstić information content (AvgIpc) is 3.19. The van der Waals surface area contributed by atoms with Crippen LogP contribution in [-0.2, 0) is 4.79 Å². The summed E-state index contributed by atoms with van der Waals surface area (Å²) in [5.41, 5.74) is 4.64. The van der Waals surface area contributed by atoms with Crippen LogP contribution in [0.4, 0.5) is 5.69 Å². The van der Waals surface area contributed by atoms with Crippen molar-refractivity contribution in [1.29, 1.82) is 0 Å². The van der Waals surface area contributed by atoms with Crippen molar-refractivity contribution >= 4 is 35.0 Å². The lowest BCUT2D eigenvalue weighted by Crippen LogP contribution is -2.15. The molecule has 0 saturated heterocycles. The molecule has 0 aliphatic rings. The molecule has 0 spiro atoms. The third-order valence-corrected chi connectivity index (χ3v) is 6.02. The molecule has 0 saturated carbocycles. The van der Waals surface area contributed by atoms with Crippen LogP contribution in [0.3, 0.4) is 0 Å². The number of halogens is 1. The fourth-order valence-electron chi connectivity index (χ4n) is 3.18. The molecule has 31 heavy (non-hydrogen) atoms. The van der Waals surface area contributed by atoms with E-state index in [1.165, 1.54) is 11.8 Å². The number of hydrogen-bond acceptors (Lipinski definition) is 4. The van der Waals surface area contributed by atoms with E-state index in [-0.39, 0.29) is 11.7 Å². The molecule has 4 rings (SSSR count). The average molecular weight is 449 g/mol. The van der Waals surface area contributed by atoms with Gasteiger partial charge in [0.25, 0.3) is 0 Å². The van der Waals surface area contributed by atoms with E-state index in [0.717, 1.165) is 28.1 Å². The Hall–Kier alpha value is -3.09. The zero-order valence-electron chi connectivity index (χ0n) is 17.2. The van der Waals surface area contributed by atoms with E-state index in [4.69, 9.17) is 11.6 Å². The number of carbonyl (C=O) groups is 1. The molecule has 0 fully saturated rings. The number of aromatic nitrogens is 3. The summed E-state index contributed by atoms with van der Waals surface area (Å²) in [7, 11) is 0. The second kappa shape index (κ2) is 9.37. The molecular formula is C24H21ClN4OS. The summed E-state index contributed by atoms with van der Waals surface area (Å²) in [4.78, 5) is 12.6. The van der Waals surface area contributed by atoms with Crippen molar-refractivity contribution in [3.8, 4) is 17.1 Å². The lowest BCUT2D eigenvalue weighted by molar-refractivity contribution is -0.113. The minimum Gasteiger partial charge on any atom is -0.325 e. The van der Waals surface area contributed by atoms with E-state index in [2.05, 4.69) is 15.5 Å². The minimum atomic E-state index is -0.0967. The molecule has 156 valence electrons. The normalized spacial score (nSPS) is 10.8. The summed E-state index contributed by atoms with van der Waals surface area (Å²) in [6, 6.07) is 23.3. The van der Waals surface area contributed by atoms with Gasteiger partial charge in [-0.25, -0.2) is 0 Å². The van der Waals surface area contributed by atoms with Gasteiger partial charge in [-0.1, -0.05) is 65.8 Å². The highest BCUT2D eigenvalue weighted by Gasteiger charge is 2.19. The van der Waals surface area contributed by atoms with Crippen molar-refractivity contribution in [3.05, 3.63) is 88.9 Å². The predicted molar refractivity (Wildman–Crippen MR) is 127 cm³/mol. The number of nitrogens with zero attached hydrogens (tertiary/aromatic N) is 3. The van der Waals surface area contributed by atoms with E-state index in [9.17, 15) is 4.79 Å². The number of nitrogens with one attached hydrogen (secondary N) is 1. The Bertz CT molecular complexity index is 1220. The highest BCUT2D eigenvalue weighted by Crippen LogP contribution is 2.32. The number of aryl methyl sites for hydroxylation is 2. The predicted octanol–water partition coefficient (Wildman–Crippen LogP) is 5.94. The van der Waals surface area contributed by atoms with Gasteiger partial charge in [-0.3, -0.25) is 9.36 Å². The van der Waals surface area contributed by atoms with Gasteiger partial charge >= 0.3 is 0 Å². The molecule has 1 N–H and O–H groups in total. The van der Waals surface area contributed by atoms with Gasteiger partial charge in [-0.05, 0) is 55.3 Å². The Labute approximate surface area is 190 Å². The van der Waals surface area contributed by atoms with Gasteiger partial charge in [-0.2, -0.15) is 0 Å². The first-order valence-corrected chi connectivity index (χ1v) is 11.1. The number of thioether (sulfide) groups is 1. The summed E-state index contributed by atoms with van der Waals surface area (Å²) < 4.78 is 1.93. The molecule has 1 aromatic heterocycles. The number of carbonyl (C=O) groups excluding carboxylic acids is 1. The van der Waals surface area contributed by atoms with E-state index in [0.29, 0.717) is 16.0 Å². The molecule has 0 aliphatic carbocycles. The van der Waals surface area contributed by atoms with Crippen molar-refractivity contribution in [2.45, 2.75) is 19.0 Å². The zero-order chi connectivity index (χ0) is 21.8. The summed E-state index contributed by atoms with van der Waals surface area (Å²) in [6.45, 7) is 3.98. The molecule has 3 aromatic carbocycles. The highest BCUT2D eigenvalue weighted by atomic mass is 35.5. The Morgan fingerprint density at radius 3 is 2.52 bits per heavy atom. The fourth-order valence-corrected chi connectivity index (χ4v) is 4.15. The molecule has 0 atom stereocenters. The molecule has 1 amide bonds. The van der Waals surface area contributed by atoms with Crippen LogP contribution < -0.4 is 5.32 Å². The standard InChI is InChI=1S/C24H21ClN4OS/c1-16-12-13-17(2)21(14-16)26-22(30)15-31-24-28-27-23(19-10-6-7-11-20(19)25)29(24)18-8-4-3-5-9-18/h3-14H,15H2,1-2H3,(H,26,30). The Balaban J connectivity index is 1.61. The molecule has 0 aliphatic heterocycles. The molecule has 4 aromatic rings. The van der Waals surface area contributed by atoms with Crippen LogP contribution in [0.25, 0.3) is 17.1 Å². The van der Waals surface area contributed by atoms with E-state index < -0.39 is 0 Å². The number of para-hydroxylation sites is 1. The Morgan fingerprint density at radius 2 is 1.74 bits per heavy atom. The molecule has 0 radical (unpaired) electrons. The van der Waals surface area contributed by atoms with Crippen molar-refractivity contribution in [2.75, 3.05) is 11.1 Å². The second-order valence-corrected chi connectivity index (χ2v) is 8.46. The molecular weight excluding hydrogens is 428 g/mol. The first-order chi connectivity index (χ1) is 15.0. The van der Waals surface area contributed by atoms with E-state index >= 15 is 0 Å². The molecule has 0 unspecified atom stereocenters. The van der Waals surface area contributed by atoms with Gasteiger partial charge in [0, 0.05) is 16.9 Å². The second-order valence-electron chi connectivity index (χ2n) is 7.11. The first kappa shape index (κ1) is 21.2. The van der Waals surface area contributed by atoms with Crippen LogP contribution in [0.15, 0.2) is 78.0 Å². The van der Waals surface area contributed by atoms with Gasteiger partial charge in [0.05, 0.1) is 10.8 Å². The maximum atomic E-state index is 12.6. The molecule has 5 nitrogen and oxygen atoms in total. The third-order valence-electron chi connectivity index (χ3n) is 4.76. The minimum absolute atomic E-state index is 0.0967. The maximum Gasteiger partial charge on any atom is 0.234 e. The lowest BCUT2D eigenvalue weighted by atomic mass is 10.1. The third kappa shape index (κ3) is 4.81. The van der Waals surface area contributed by atoms with E-state index in [1.54, 1.807) is 0 Å². The SMILES string of the molecule is Cc1ccc(C)c(NC(=O)CSc2nnc(-c3ccccc3Cl)n2-c2ccccc2)c1. The Morgan fingerprint density at radius 1 is 1.00 bits per heavy atom. The molecule has 0 bridgehead atoms. The summed E-state index contributed by atoms with van der Waals surface area (Å²) in [5, 5.41) is 13.0. The molecule has 7 heteroatoms. The van der Waals surface area contributed by atoms with Gasteiger partial charge in [0.2, 0.25) is 5.91 Å². The van der Waals surface area contributed by atoms with Crippen LogP contribution in [0.1, 0.15) is 11.1 Å². The van der Waals surface area contributed by atoms with E-state index in [1.807, 2.05) is 91.2 Å². The summed E-state index contributed by atoms with van der Waals surface area (Å²) in [6.07, 6.45) is 0.